The zero-order valence-corrected chi connectivity index (χ0v) is 20.4. The Morgan fingerprint density at radius 1 is 1.23 bits per heavy atom. The molecule has 0 atom stereocenters. The average molecular weight is 448 g/mol. The maximum atomic E-state index is 6.39. The first-order valence-electron chi connectivity index (χ1n) is 9.66. The Balaban J connectivity index is 2.02. The van der Waals surface area contributed by atoms with Gasteiger partial charge < -0.3 is 9.16 Å². The Kier molecular flexibility index (Phi) is 6.65. The zero-order valence-electron chi connectivity index (χ0n) is 18.6. The fourth-order valence-corrected chi connectivity index (χ4v) is 4.17. The van der Waals surface area contributed by atoms with Crippen LogP contribution in [0.5, 0.6) is 0 Å². The van der Waals surface area contributed by atoms with E-state index in [2.05, 4.69) is 49.4 Å². The summed E-state index contributed by atoms with van der Waals surface area (Å²) in [5.41, 5.74) is 1.65. The van der Waals surface area contributed by atoms with E-state index in [-0.39, 0.29) is 5.04 Å². The van der Waals surface area contributed by atoms with Crippen molar-refractivity contribution in [3.05, 3.63) is 34.2 Å². The van der Waals surface area contributed by atoms with Crippen LogP contribution in [0.1, 0.15) is 26.5 Å². The SMILES string of the molecule is COCn1ccsc1=Nc1cc(-c2nnnn2C)cc(CO[Si](C)(C)C(C)(C)C)n1. The number of hydrogen-bond donors (Lipinski definition) is 0. The third kappa shape index (κ3) is 5.09. The van der Waals surface area contributed by atoms with E-state index in [9.17, 15) is 0 Å². The predicted molar refractivity (Wildman–Crippen MR) is 119 cm³/mol. The monoisotopic (exact) mass is 447 g/mol. The smallest absolute Gasteiger partial charge is 0.193 e. The highest BCUT2D eigenvalue weighted by Gasteiger charge is 2.37. The van der Waals surface area contributed by atoms with E-state index < -0.39 is 8.32 Å². The summed E-state index contributed by atoms with van der Waals surface area (Å²) in [7, 11) is 1.55. The van der Waals surface area contributed by atoms with Gasteiger partial charge in [-0.3, -0.25) is 4.57 Å². The van der Waals surface area contributed by atoms with Gasteiger partial charge in [-0.2, -0.15) is 0 Å². The largest absolute Gasteiger partial charge is 0.411 e. The van der Waals surface area contributed by atoms with Gasteiger partial charge in [0.25, 0.3) is 0 Å². The lowest BCUT2D eigenvalue weighted by Gasteiger charge is -2.36. The van der Waals surface area contributed by atoms with Gasteiger partial charge in [0.1, 0.15) is 6.73 Å². The van der Waals surface area contributed by atoms with Gasteiger partial charge in [-0.15, -0.1) is 16.4 Å². The third-order valence-electron chi connectivity index (χ3n) is 5.27. The number of nitrogens with zero attached hydrogens (tertiary/aromatic N) is 7. The minimum absolute atomic E-state index is 0.119. The van der Waals surface area contributed by atoms with E-state index in [0.717, 1.165) is 16.1 Å². The van der Waals surface area contributed by atoms with Crippen LogP contribution in [0.3, 0.4) is 0 Å². The zero-order chi connectivity index (χ0) is 21.9. The van der Waals surface area contributed by atoms with Crippen LogP contribution in [0.25, 0.3) is 11.4 Å². The van der Waals surface area contributed by atoms with E-state index in [1.54, 1.807) is 11.8 Å². The first-order chi connectivity index (χ1) is 14.1. The van der Waals surface area contributed by atoms with E-state index in [4.69, 9.17) is 19.1 Å². The van der Waals surface area contributed by atoms with Gasteiger partial charge in [0.2, 0.25) is 0 Å². The van der Waals surface area contributed by atoms with E-state index in [0.29, 0.717) is 25.0 Å². The summed E-state index contributed by atoms with van der Waals surface area (Å²) in [5, 5.41) is 13.9. The van der Waals surface area contributed by atoms with Gasteiger partial charge in [0, 0.05) is 31.3 Å². The van der Waals surface area contributed by atoms with Crippen molar-refractivity contribution in [1.82, 2.24) is 29.8 Å². The first-order valence-corrected chi connectivity index (χ1v) is 13.4. The molecule has 162 valence electrons. The molecule has 3 aromatic heterocycles. The second kappa shape index (κ2) is 8.88. The second-order valence-corrected chi connectivity index (χ2v) is 14.2. The molecule has 3 rings (SSSR count). The summed E-state index contributed by atoms with van der Waals surface area (Å²) in [6, 6.07) is 3.86. The molecule has 3 aromatic rings. The fraction of sp³-hybridized carbons (Fsp3) is 0.526. The Morgan fingerprint density at radius 2 is 2.00 bits per heavy atom. The van der Waals surface area contributed by atoms with Gasteiger partial charge >= 0.3 is 0 Å². The number of ether oxygens (including phenoxy) is 1. The number of rotatable bonds is 7. The van der Waals surface area contributed by atoms with Gasteiger partial charge in [0.05, 0.1) is 12.3 Å². The van der Waals surface area contributed by atoms with Crippen LogP contribution >= 0.6 is 11.3 Å². The molecule has 9 nitrogen and oxygen atoms in total. The molecule has 0 N–H and O–H groups in total. The van der Waals surface area contributed by atoms with Crippen molar-refractivity contribution in [3.63, 3.8) is 0 Å². The van der Waals surface area contributed by atoms with Crippen molar-refractivity contribution in [2.75, 3.05) is 7.11 Å². The van der Waals surface area contributed by atoms with Crippen molar-refractivity contribution in [2.24, 2.45) is 12.0 Å². The van der Waals surface area contributed by atoms with E-state index in [1.807, 2.05) is 35.3 Å². The maximum Gasteiger partial charge on any atom is 0.193 e. The number of thiazole rings is 1. The highest BCUT2D eigenvalue weighted by Crippen LogP contribution is 2.37. The van der Waals surface area contributed by atoms with E-state index >= 15 is 0 Å². The van der Waals surface area contributed by atoms with Crippen molar-refractivity contribution in [2.45, 2.75) is 52.2 Å². The van der Waals surface area contributed by atoms with Gasteiger partial charge in [-0.05, 0) is 40.7 Å². The summed E-state index contributed by atoms with van der Waals surface area (Å²) in [6.07, 6.45) is 1.94. The molecule has 3 heterocycles. The van der Waals surface area contributed by atoms with Gasteiger partial charge in [-0.25, -0.2) is 14.7 Å². The average Bonchev–Trinajstić information content (AvgIpc) is 3.28. The molecule has 30 heavy (non-hydrogen) atoms. The summed E-state index contributed by atoms with van der Waals surface area (Å²) < 4.78 is 15.2. The molecular weight excluding hydrogens is 418 g/mol. The summed E-state index contributed by atoms with van der Waals surface area (Å²) in [5.74, 6) is 1.23. The minimum atomic E-state index is -1.92. The van der Waals surface area contributed by atoms with Crippen LogP contribution in [-0.2, 0) is 29.5 Å². The van der Waals surface area contributed by atoms with E-state index in [1.165, 1.54) is 11.3 Å². The number of aryl methyl sites for hydroxylation is 1. The second-order valence-electron chi connectivity index (χ2n) is 8.57. The molecule has 0 saturated heterocycles. The number of tetrazole rings is 1. The van der Waals surface area contributed by atoms with Crippen molar-refractivity contribution in [1.29, 1.82) is 0 Å². The van der Waals surface area contributed by atoms with Crippen molar-refractivity contribution >= 4 is 25.5 Å². The van der Waals surface area contributed by atoms with Crippen LogP contribution in [0.2, 0.25) is 18.1 Å². The molecule has 0 radical (unpaired) electrons. The Labute approximate surface area is 181 Å². The van der Waals surface area contributed by atoms with Crippen LogP contribution in [0.15, 0.2) is 28.7 Å². The summed E-state index contributed by atoms with van der Waals surface area (Å²) >= 11 is 1.52. The molecule has 11 heteroatoms. The van der Waals surface area contributed by atoms with Crippen LogP contribution in [0.4, 0.5) is 5.82 Å². The summed E-state index contributed by atoms with van der Waals surface area (Å²) in [6.45, 7) is 12.0. The molecule has 0 fully saturated rings. The number of hydrogen-bond acceptors (Lipinski definition) is 8. The summed E-state index contributed by atoms with van der Waals surface area (Å²) in [4.78, 5) is 10.3. The number of pyridine rings is 1. The van der Waals surface area contributed by atoms with Crippen molar-refractivity contribution in [3.8, 4) is 11.4 Å². The quantitative estimate of drug-likeness (QED) is 0.515. The molecule has 0 unspecified atom stereocenters. The fourth-order valence-electron chi connectivity index (χ4n) is 2.50. The standard InChI is InChI=1S/C19H29N7O2SSi/c1-19(2,3)30(6,7)28-12-15-10-14(17-22-23-24-25(17)4)11-16(20-15)21-18-26(13-27-5)8-9-29-18/h8-11H,12-13H2,1-7H3. The Morgan fingerprint density at radius 3 is 2.63 bits per heavy atom. The highest BCUT2D eigenvalue weighted by molar-refractivity contribution is 7.07. The molecule has 0 aliphatic carbocycles. The van der Waals surface area contributed by atoms with Gasteiger partial charge in [-0.1, -0.05) is 20.8 Å². The Hall–Kier alpha value is -2.21. The molecule has 0 saturated carbocycles. The predicted octanol–water partition coefficient (Wildman–Crippen LogP) is 3.49. The first kappa shape index (κ1) is 22.5. The third-order valence-corrected chi connectivity index (χ3v) is 10.5. The van der Waals surface area contributed by atoms with Crippen LogP contribution in [0, 0.1) is 0 Å². The van der Waals surface area contributed by atoms with Crippen molar-refractivity contribution < 1.29 is 9.16 Å². The lowest BCUT2D eigenvalue weighted by atomic mass is 10.2. The minimum Gasteiger partial charge on any atom is -0.411 e. The molecule has 0 amide bonds. The topological polar surface area (TPSA) is 92.2 Å². The number of aromatic nitrogens is 6. The Bertz CT molecular complexity index is 1070. The highest BCUT2D eigenvalue weighted by atomic mass is 32.1. The molecular formula is C19H29N7O2SSi. The molecule has 0 aromatic carbocycles. The lowest BCUT2D eigenvalue weighted by Crippen LogP contribution is -2.40. The van der Waals surface area contributed by atoms with Gasteiger partial charge in [0.15, 0.2) is 24.8 Å². The van der Waals surface area contributed by atoms with Crippen LogP contribution in [-0.4, -0.2) is 45.2 Å². The molecule has 0 aliphatic rings. The maximum absolute atomic E-state index is 6.39. The number of methoxy groups -OCH3 is 1. The molecule has 0 aliphatic heterocycles. The molecule has 0 spiro atoms. The molecule has 0 bridgehead atoms. The van der Waals surface area contributed by atoms with Crippen LogP contribution < -0.4 is 4.80 Å². The lowest BCUT2D eigenvalue weighted by molar-refractivity contribution is 0.129. The normalized spacial score (nSPS) is 13.2.